The summed E-state index contributed by atoms with van der Waals surface area (Å²) in [5.74, 6) is 0.636. The summed E-state index contributed by atoms with van der Waals surface area (Å²) in [4.78, 5) is 27.0. The molecule has 1 rings (SSSR count). The van der Waals surface area contributed by atoms with E-state index in [1.165, 1.54) is 13.3 Å². The van der Waals surface area contributed by atoms with Gasteiger partial charge in [0.15, 0.2) is 0 Å². The first-order valence-electron chi connectivity index (χ1n) is 6.46. The number of likely N-dealkylation sites (tertiary alicyclic amines) is 1. The van der Waals surface area contributed by atoms with E-state index in [9.17, 15) is 9.59 Å². The summed E-state index contributed by atoms with van der Waals surface area (Å²) < 4.78 is 0. The van der Waals surface area contributed by atoms with E-state index < -0.39 is 0 Å². The summed E-state index contributed by atoms with van der Waals surface area (Å²) in [5, 5.41) is 0. The summed E-state index contributed by atoms with van der Waals surface area (Å²) >= 11 is 0. The molecule has 4 nitrogen and oxygen atoms in total. The zero-order chi connectivity index (χ0) is 13.0. The van der Waals surface area contributed by atoms with E-state index in [1.807, 2.05) is 18.7 Å². The standard InChI is InChI=1S/C13H24N2O2/c1-10(2)15(12(4)16)9-13(17)14-7-5-6-11(3)8-14/h10-11H,5-9H2,1-4H3. The average molecular weight is 240 g/mol. The molecule has 1 atom stereocenters. The summed E-state index contributed by atoms with van der Waals surface area (Å²) in [6, 6.07) is 0.0821. The summed E-state index contributed by atoms with van der Waals surface area (Å²) in [7, 11) is 0. The molecule has 98 valence electrons. The van der Waals surface area contributed by atoms with Crippen molar-refractivity contribution in [2.75, 3.05) is 19.6 Å². The van der Waals surface area contributed by atoms with Gasteiger partial charge in [-0.15, -0.1) is 0 Å². The van der Waals surface area contributed by atoms with Crippen LogP contribution in [0.15, 0.2) is 0 Å². The van der Waals surface area contributed by atoms with Crippen molar-refractivity contribution < 1.29 is 9.59 Å². The van der Waals surface area contributed by atoms with Crippen LogP contribution in [0.4, 0.5) is 0 Å². The molecule has 0 aromatic heterocycles. The number of carbonyl (C=O) groups excluding carboxylic acids is 2. The highest BCUT2D eigenvalue weighted by atomic mass is 16.2. The second kappa shape index (κ2) is 6.03. The Balaban J connectivity index is 2.54. The maximum Gasteiger partial charge on any atom is 0.242 e. The van der Waals surface area contributed by atoms with E-state index in [2.05, 4.69) is 6.92 Å². The molecule has 0 bridgehead atoms. The van der Waals surface area contributed by atoms with E-state index in [4.69, 9.17) is 0 Å². The fourth-order valence-electron chi connectivity index (χ4n) is 2.32. The predicted molar refractivity (Wildman–Crippen MR) is 67.5 cm³/mol. The quantitative estimate of drug-likeness (QED) is 0.750. The van der Waals surface area contributed by atoms with Gasteiger partial charge in [-0.2, -0.15) is 0 Å². The fraction of sp³-hybridized carbons (Fsp3) is 0.846. The van der Waals surface area contributed by atoms with Crippen LogP contribution in [0.25, 0.3) is 0 Å². The first-order chi connectivity index (χ1) is 7.91. The normalized spacial score (nSPS) is 20.5. The second-order valence-corrected chi connectivity index (χ2v) is 5.33. The smallest absolute Gasteiger partial charge is 0.242 e. The predicted octanol–water partition coefficient (Wildman–Crippen LogP) is 1.50. The van der Waals surface area contributed by atoms with Gasteiger partial charge in [0.1, 0.15) is 0 Å². The molecule has 0 saturated carbocycles. The van der Waals surface area contributed by atoms with Crippen molar-refractivity contribution >= 4 is 11.8 Å². The highest BCUT2D eigenvalue weighted by Gasteiger charge is 2.24. The van der Waals surface area contributed by atoms with Crippen molar-refractivity contribution in [3.8, 4) is 0 Å². The lowest BCUT2D eigenvalue weighted by molar-refractivity contribution is -0.141. The molecular weight excluding hydrogens is 216 g/mol. The maximum atomic E-state index is 12.1. The maximum absolute atomic E-state index is 12.1. The average Bonchev–Trinajstić information content (AvgIpc) is 2.24. The molecule has 1 fully saturated rings. The Morgan fingerprint density at radius 2 is 2.06 bits per heavy atom. The molecule has 0 aromatic rings. The number of hydrogen-bond donors (Lipinski definition) is 0. The van der Waals surface area contributed by atoms with Gasteiger partial charge in [-0.3, -0.25) is 9.59 Å². The Bertz CT molecular complexity index is 289. The largest absolute Gasteiger partial charge is 0.341 e. The SMILES string of the molecule is CC(=O)N(CC(=O)N1CCCC(C)C1)C(C)C. The van der Waals surface area contributed by atoms with Crippen LogP contribution in [-0.2, 0) is 9.59 Å². The molecule has 0 spiro atoms. The Labute approximate surface area is 104 Å². The molecule has 1 aliphatic rings. The minimum Gasteiger partial charge on any atom is -0.341 e. The van der Waals surface area contributed by atoms with Crippen LogP contribution >= 0.6 is 0 Å². The molecule has 0 N–H and O–H groups in total. The minimum atomic E-state index is -0.0293. The van der Waals surface area contributed by atoms with Gasteiger partial charge in [-0.05, 0) is 32.6 Å². The summed E-state index contributed by atoms with van der Waals surface area (Å²) in [6.45, 7) is 9.47. The van der Waals surface area contributed by atoms with E-state index in [0.29, 0.717) is 5.92 Å². The molecule has 4 heteroatoms. The summed E-state index contributed by atoms with van der Waals surface area (Å²) in [6.07, 6.45) is 2.28. The number of amides is 2. The van der Waals surface area contributed by atoms with Crippen molar-refractivity contribution in [3.05, 3.63) is 0 Å². The number of carbonyl (C=O) groups is 2. The van der Waals surface area contributed by atoms with E-state index in [-0.39, 0.29) is 24.4 Å². The van der Waals surface area contributed by atoms with Crippen LogP contribution < -0.4 is 0 Å². The Kier molecular flexibility index (Phi) is 4.97. The van der Waals surface area contributed by atoms with Gasteiger partial charge in [-0.1, -0.05) is 6.92 Å². The number of rotatable bonds is 3. The third-order valence-electron chi connectivity index (χ3n) is 3.34. The van der Waals surface area contributed by atoms with Crippen LogP contribution in [0.3, 0.4) is 0 Å². The van der Waals surface area contributed by atoms with Crippen LogP contribution in [0.2, 0.25) is 0 Å². The molecule has 17 heavy (non-hydrogen) atoms. The van der Waals surface area contributed by atoms with Crippen molar-refractivity contribution in [2.45, 2.75) is 46.6 Å². The third kappa shape index (κ3) is 4.02. The molecule has 0 aromatic carbocycles. The lowest BCUT2D eigenvalue weighted by Gasteiger charge is -2.33. The fourth-order valence-corrected chi connectivity index (χ4v) is 2.32. The van der Waals surface area contributed by atoms with Gasteiger partial charge < -0.3 is 9.80 Å². The molecule has 1 heterocycles. The topological polar surface area (TPSA) is 40.6 Å². The third-order valence-corrected chi connectivity index (χ3v) is 3.34. The Morgan fingerprint density at radius 1 is 1.41 bits per heavy atom. The van der Waals surface area contributed by atoms with E-state index in [1.54, 1.807) is 4.90 Å². The van der Waals surface area contributed by atoms with Crippen LogP contribution in [0.5, 0.6) is 0 Å². The molecule has 0 aliphatic carbocycles. The Morgan fingerprint density at radius 3 is 2.53 bits per heavy atom. The lowest BCUT2D eigenvalue weighted by atomic mass is 10.0. The van der Waals surface area contributed by atoms with Gasteiger partial charge in [-0.25, -0.2) is 0 Å². The highest BCUT2D eigenvalue weighted by molar-refractivity contribution is 5.84. The molecule has 1 unspecified atom stereocenters. The van der Waals surface area contributed by atoms with Gasteiger partial charge >= 0.3 is 0 Å². The first kappa shape index (κ1) is 14.0. The van der Waals surface area contributed by atoms with Crippen LogP contribution in [0.1, 0.15) is 40.5 Å². The van der Waals surface area contributed by atoms with Crippen molar-refractivity contribution in [1.29, 1.82) is 0 Å². The molecule has 2 amide bonds. The first-order valence-corrected chi connectivity index (χ1v) is 6.46. The van der Waals surface area contributed by atoms with E-state index >= 15 is 0 Å². The number of nitrogens with zero attached hydrogens (tertiary/aromatic N) is 2. The van der Waals surface area contributed by atoms with Gasteiger partial charge in [0.2, 0.25) is 11.8 Å². The minimum absolute atomic E-state index is 0.0293. The van der Waals surface area contributed by atoms with Crippen molar-refractivity contribution in [2.24, 2.45) is 5.92 Å². The Hall–Kier alpha value is -1.06. The number of hydrogen-bond acceptors (Lipinski definition) is 2. The highest BCUT2D eigenvalue weighted by Crippen LogP contribution is 2.15. The zero-order valence-corrected chi connectivity index (χ0v) is 11.4. The van der Waals surface area contributed by atoms with Gasteiger partial charge in [0.05, 0.1) is 6.54 Å². The van der Waals surface area contributed by atoms with Crippen molar-refractivity contribution in [3.63, 3.8) is 0 Å². The van der Waals surface area contributed by atoms with Crippen LogP contribution in [0, 0.1) is 5.92 Å². The molecule has 1 saturated heterocycles. The van der Waals surface area contributed by atoms with Gasteiger partial charge in [0, 0.05) is 26.1 Å². The molecular formula is C13H24N2O2. The monoisotopic (exact) mass is 240 g/mol. The van der Waals surface area contributed by atoms with Crippen molar-refractivity contribution in [1.82, 2.24) is 9.80 Å². The van der Waals surface area contributed by atoms with Crippen LogP contribution in [-0.4, -0.2) is 47.3 Å². The zero-order valence-electron chi connectivity index (χ0n) is 11.4. The second-order valence-electron chi connectivity index (χ2n) is 5.33. The molecule has 0 radical (unpaired) electrons. The lowest BCUT2D eigenvalue weighted by Crippen LogP contribution is -2.47. The number of piperidine rings is 1. The van der Waals surface area contributed by atoms with Gasteiger partial charge in [0.25, 0.3) is 0 Å². The molecule has 1 aliphatic heterocycles. The van der Waals surface area contributed by atoms with E-state index in [0.717, 1.165) is 19.5 Å². The summed E-state index contributed by atoms with van der Waals surface area (Å²) in [5.41, 5.74) is 0.